The molecule has 0 aliphatic rings. The van der Waals surface area contributed by atoms with Gasteiger partial charge in [0.25, 0.3) is 5.91 Å². The zero-order chi connectivity index (χ0) is 15.9. The second-order valence-electron chi connectivity index (χ2n) is 4.75. The van der Waals surface area contributed by atoms with Crippen molar-refractivity contribution in [3.8, 4) is 0 Å². The maximum absolute atomic E-state index is 12.1. The molecule has 22 heavy (non-hydrogen) atoms. The quantitative estimate of drug-likeness (QED) is 0.878. The van der Waals surface area contributed by atoms with E-state index in [1.54, 1.807) is 0 Å². The average molecular weight is 340 g/mol. The van der Waals surface area contributed by atoms with Gasteiger partial charge in [0, 0.05) is 6.04 Å². The molecule has 0 spiro atoms. The van der Waals surface area contributed by atoms with Crippen molar-refractivity contribution < 1.29 is 9.53 Å². The van der Waals surface area contributed by atoms with Crippen molar-refractivity contribution in [3.05, 3.63) is 57.8 Å². The van der Waals surface area contributed by atoms with Gasteiger partial charge in [-0.05, 0) is 18.6 Å². The van der Waals surface area contributed by atoms with Crippen molar-refractivity contribution in [2.45, 2.75) is 19.6 Å². The number of halogens is 2. The van der Waals surface area contributed by atoms with E-state index in [4.69, 9.17) is 27.9 Å². The molecule has 0 aliphatic carbocycles. The molecule has 0 saturated heterocycles. The number of carbonyl (C=O) groups is 1. The lowest BCUT2D eigenvalue weighted by Gasteiger charge is -2.14. The summed E-state index contributed by atoms with van der Waals surface area (Å²) in [5.41, 5.74) is 1.27. The lowest BCUT2D eigenvalue weighted by Crippen LogP contribution is -2.36. The van der Waals surface area contributed by atoms with E-state index in [1.165, 1.54) is 6.07 Å². The molecule has 1 atom stereocenters. The Kier molecular flexibility index (Phi) is 6.12. The van der Waals surface area contributed by atoms with Crippen LogP contribution < -0.4 is 5.32 Å². The van der Waals surface area contributed by atoms with Crippen LogP contribution >= 0.6 is 23.2 Å². The van der Waals surface area contributed by atoms with Gasteiger partial charge in [0.2, 0.25) is 0 Å². The zero-order valence-electron chi connectivity index (χ0n) is 11.9. The predicted octanol–water partition coefficient (Wildman–Crippen LogP) is 3.12. The third kappa shape index (κ3) is 4.94. The third-order valence-corrected chi connectivity index (χ3v) is 3.28. The maximum atomic E-state index is 12.1. The average Bonchev–Trinajstić information content (AvgIpc) is 2.50. The van der Waals surface area contributed by atoms with E-state index in [1.807, 2.05) is 37.3 Å². The summed E-state index contributed by atoms with van der Waals surface area (Å²) in [6.45, 7) is 2.71. The fraction of sp³-hybridized carbons (Fsp3) is 0.267. The van der Waals surface area contributed by atoms with Gasteiger partial charge in [-0.3, -0.25) is 4.79 Å². The first-order valence-corrected chi connectivity index (χ1v) is 7.43. The maximum Gasteiger partial charge on any atom is 0.254 e. The van der Waals surface area contributed by atoms with E-state index in [-0.39, 0.29) is 27.8 Å². The summed E-state index contributed by atoms with van der Waals surface area (Å²) in [4.78, 5) is 12.1. The fourth-order valence-electron chi connectivity index (χ4n) is 1.78. The molecule has 7 heteroatoms. The Bertz CT molecular complexity index is 638. The van der Waals surface area contributed by atoms with Gasteiger partial charge in [0.15, 0.2) is 10.3 Å². The Balaban J connectivity index is 1.82. The van der Waals surface area contributed by atoms with E-state index < -0.39 is 0 Å². The first-order valence-electron chi connectivity index (χ1n) is 6.67. The molecule has 5 nitrogen and oxygen atoms in total. The van der Waals surface area contributed by atoms with Crippen molar-refractivity contribution >= 4 is 29.1 Å². The second kappa shape index (κ2) is 8.08. The van der Waals surface area contributed by atoms with E-state index in [9.17, 15) is 4.79 Å². The zero-order valence-corrected chi connectivity index (χ0v) is 13.4. The standard InChI is InChI=1S/C15H15Cl2N3O2/c1-10(8-22-9-11-5-3-2-4-6-11)18-15(21)12-7-13(16)19-20-14(12)17/h2-7,10H,8-9H2,1H3,(H,18,21). The summed E-state index contributed by atoms with van der Waals surface area (Å²) in [6.07, 6.45) is 0. The summed E-state index contributed by atoms with van der Waals surface area (Å²) in [5.74, 6) is -0.363. The molecule has 1 aromatic carbocycles. The number of benzene rings is 1. The van der Waals surface area contributed by atoms with Crippen LogP contribution in [-0.4, -0.2) is 28.8 Å². The Hall–Kier alpha value is -1.69. The number of ether oxygens (including phenoxy) is 1. The Morgan fingerprint density at radius 2 is 2.00 bits per heavy atom. The van der Waals surface area contributed by atoms with E-state index in [0.717, 1.165) is 5.56 Å². The lowest BCUT2D eigenvalue weighted by molar-refractivity contribution is 0.0820. The molecular weight excluding hydrogens is 325 g/mol. The number of amides is 1. The topological polar surface area (TPSA) is 64.1 Å². The highest BCUT2D eigenvalue weighted by Crippen LogP contribution is 2.15. The first kappa shape index (κ1) is 16.7. The third-order valence-electron chi connectivity index (χ3n) is 2.82. The van der Waals surface area contributed by atoms with Crippen LogP contribution in [0.5, 0.6) is 0 Å². The van der Waals surface area contributed by atoms with Crippen LogP contribution in [0.4, 0.5) is 0 Å². The molecule has 1 N–H and O–H groups in total. The molecule has 0 saturated carbocycles. The molecule has 0 fully saturated rings. The number of carbonyl (C=O) groups excluding carboxylic acids is 1. The highest BCUT2D eigenvalue weighted by Gasteiger charge is 2.15. The van der Waals surface area contributed by atoms with Gasteiger partial charge in [-0.15, -0.1) is 10.2 Å². The van der Waals surface area contributed by atoms with Crippen LogP contribution in [-0.2, 0) is 11.3 Å². The van der Waals surface area contributed by atoms with Crippen LogP contribution in [0.2, 0.25) is 10.3 Å². The normalized spacial score (nSPS) is 12.0. The van der Waals surface area contributed by atoms with Crippen molar-refractivity contribution in [2.24, 2.45) is 0 Å². The lowest BCUT2D eigenvalue weighted by atomic mass is 10.2. The minimum absolute atomic E-state index is 0.0132. The smallest absolute Gasteiger partial charge is 0.254 e. The van der Waals surface area contributed by atoms with Crippen LogP contribution in [0, 0.1) is 0 Å². The van der Waals surface area contributed by atoms with E-state index in [0.29, 0.717) is 13.2 Å². The summed E-state index contributed by atoms with van der Waals surface area (Å²) in [5, 5.41) is 10.1. The largest absolute Gasteiger partial charge is 0.375 e. The molecule has 1 heterocycles. The predicted molar refractivity (Wildman–Crippen MR) is 85.1 cm³/mol. The Morgan fingerprint density at radius 1 is 1.27 bits per heavy atom. The van der Waals surface area contributed by atoms with Crippen molar-refractivity contribution in [2.75, 3.05) is 6.61 Å². The Morgan fingerprint density at radius 3 is 2.73 bits per heavy atom. The number of nitrogens with one attached hydrogen (secondary N) is 1. The molecule has 1 unspecified atom stereocenters. The second-order valence-corrected chi connectivity index (χ2v) is 5.49. The van der Waals surface area contributed by atoms with Crippen LogP contribution in [0.1, 0.15) is 22.8 Å². The fourth-order valence-corrected chi connectivity index (χ4v) is 2.11. The van der Waals surface area contributed by atoms with Gasteiger partial charge < -0.3 is 10.1 Å². The number of hydrogen-bond donors (Lipinski definition) is 1. The summed E-state index contributed by atoms with van der Waals surface area (Å²) >= 11 is 11.5. The molecule has 0 aliphatic heterocycles. The molecule has 2 aromatic rings. The van der Waals surface area contributed by atoms with Crippen molar-refractivity contribution in [3.63, 3.8) is 0 Å². The van der Waals surface area contributed by atoms with Gasteiger partial charge in [-0.25, -0.2) is 0 Å². The number of rotatable bonds is 6. The number of hydrogen-bond acceptors (Lipinski definition) is 4. The van der Waals surface area contributed by atoms with Crippen LogP contribution in [0.25, 0.3) is 0 Å². The van der Waals surface area contributed by atoms with Gasteiger partial charge >= 0.3 is 0 Å². The molecule has 0 bridgehead atoms. The van der Waals surface area contributed by atoms with Crippen molar-refractivity contribution in [1.82, 2.24) is 15.5 Å². The SMILES string of the molecule is CC(COCc1ccccc1)NC(=O)c1cc(Cl)nnc1Cl. The summed E-state index contributed by atoms with van der Waals surface area (Å²) < 4.78 is 5.57. The summed E-state index contributed by atoms with van der Waals surface area (Å²) in [6, 6.07) is 11.0. The van der Waals surface area contributed by atoms with Crippen LogP contribution in [0.3, 0.4) is 0 Å². The molecule has 1 aromatic heterocycles. The molecule has 1 amide bonds. The summed E-state index contributed by atoms with van der Waals surface area (Å²) in [7, 11) is 0. The van der Waals surface area contributed by atoms with Crippen LogP contribution in [0.15, 0.2) is 36.4 Å². The van der Waals surface area contributed by atoms with Gasteiger partial charge in [-0.2, -0.15) is 0 Å². The van der Waals surface area contributed by atoms with Gasteiger partial charge in [0.05, 0.1) is 18.8 Å². The highest BCUT2D eigenvalue weighted by atomic mass is 35.5. The minimum Gasteiger partial charge on any atom is -0.375 e. The minimum atomic E-state index is -0.363. The van der Waals surface area contributed by atoms with Gasteiger partial charge in [0.1, 0.15) is 0 Å². The first-order chi connectivity index (χ1) is 10.6. The molecule has 0 radical (unpaired) electrons. The van der Waals surface area contributed by atoms with Gasteiger partial charge in [-0.1, -0.05) is 53.5 Å². The Labute approximate surface area is 138 Å². The van der Waals surface area contributed by atoms with E-state index >= 15 is 0 Å². The number of nitrogens with zero attached hydrogens (tertiary/aromatic N) is 2. The highest BCUT2D eigenvalue weighted by molar-refractivity contribution is 6.34. The molecular formula is C15H15Cl2N3O2. The van der Waals surface area contributed by atoms with E-state index in [2.05, 4.69) is 15.5 Å². The van der Waals surface area contributed by atoms with Crippen molar-refractivity contribution in [1.29, 1.82) is 0 Å². The molecule has 116 valence electrons. The monoisotopic (exact) mass is 339 g/mol. The number of aromatic nitrogens is 2. The molecule has 2 rings (SSSR count).